The molecule has 2 aromatic carbocycles. The van der Waals surface area contributed by atoms with Gasteiger partial charge in [-0.25, -0.2) is 8.42 Å². The number of hydrogen-bond donors (Lipinski definition) is 1. The molecule has 0 bridgehead atoms. The second-order valence-electron chi connectivity index (χ2n) is 6.78. The molecule has 0 radical (unpaired) electrons. The number of sulfonamides is 1. The average molecular weight is 499 g/mol. The van der Waals surface area contributed by atoms with E-state index in [1.165, 1.54) is 34.3 Å². The van der Waals surface area contributed by atoms with Crippen molar-refractivity contribution in [1.82, 2.24) is 4.31 Å². The first-order valence-corrected chi connectivity index (χ1v) is 12.7. The second kappa shape index (κ2) is 11.7. The van der Waals surface area contributed by atoms with Crippen LogP contribution in [0.3, 0.4) is 0 Å². The molecule has 2 aromatic rings. The monoisotopic (exact) mass is 498 g/mol. The number of hydrogen-bond acceptors (Lipinski definition) is 7. The van der Waals surface area contributed by atoms with Crippen LogP contribution in [0.5, 0.6) is 0 Å². The molecule has 172 valence electrons. The van der Waals surface area contributed by atoms with Gasteiger partial charge in [0.25, 0.3) is 5.91 Å². The summed E-state index contributed by atoms with van der Waals surface area (Å²) in [4.78, 5) is 25.0. The lowest BCUT2D eigenvalue weighted by atomic mass is 10.3. The highest BCUT2D eigenvalue weighted by Crippen LogP contribution is 2.28. The van der Waals surface area contributed by atoms with Gasteiger partial charge in [0.1, 0.15) is 4.90 Å². The second-order valence-corrected chi connectivity index (χ2v) is 10.3. The standard InChI is InChI=1S/C21H23ClN2O6S2/c22-18-7-6-16(14-19(18)32(27,28)24-9-11-29-12-10-24)23-20(25)15-30-21(26)8-13-31-17-4-2-1-3-5-17/h1-7,14H,8-13,15H2,(H,23,25). The van der Waals surface area contributed by atoms with E-state index >= 15 is 0 Å². The lowest BCUT2D eigenvalue weighted by molar-refractivity contribution is -0.146. The molecule has 1 aliphatic rings. The maximum Gasteiger partial charge on any atom is 0.307 e. The summed E-state index contributed by atoms with van der Waals surface area (Å²) in [5.41, 5.74) is 0.238. The van der Waals surface area contributed by atoms with Crippen molar-refractivity contribution in [2.24, 2.45) is 0 Å². The zero-order valence-corrected chi connectivity index (χ0v) is 19.5. The Labute approximate surface area is 196 Å². The van der Waals surface area contributed by atoms with Crippen LogP contribution in [0.15, 0.2) is 58.3 Å². The largest absolute Gasteiger partial charge is 0.456 e. The predicted molar refractivity (Wildman–Crippen MR) is 122 cm³/mol. The van der Waals surface area contributed by atoms with E-state index in [4.69, 9.17) is 21.1 Å². The van der Waals surface area contributed by atoms with Gasteiger partial charge in [-0.3, -0.25) is 9.59 Å². The van der Waals surface area contributed by atoms with Crippen molar-refractivity contribution in [2.45, 2.75) is 16.2 Å². The molecule has 0 atom stereocenters. The van der Waals surface area contributed by atoms with Crippen LogP contribution in [0.25, 0.3) is 0 Å². The maximum absolute atomic E-state index is 12.9. The van der Waals surface area contributed by atoms with Crippen molar-refractivity contribution < 1.29 is 27.5 Å². The number of thioether (sulfide) groups is 1. The van der Waals surface area contributed by atoms with Gasteiger partial charge >= 0.3 is 5.97 Å². The molecule has 1 aliphatic heterocycles. The summed E-state index contributed by atoms with van der Waals surface area (Å²) >= 11 is 7.63. The zero-order valence-electron chi connectivity index (χ0n) is 17.2. The Hall–Kier alpha value is -2.11. The molecule has 11 heteroatoms. The summed E-state index contributed by atoms with van der Waals surface area (Å²) in [5.74, 6) is -0.536. The third-order valence-corrected chi connectivity index (χ3v) is 7.88. The lowest BCUT2D eigenvalue weighted by Crippen LogP contribution is -2.40. The number of nitrogens with one attached hydrogen (secondary N) is 1. The fourth-order valence-electron chi connectivity index (χ4n) is 2.89. The van der Waals surface area contributed by atoms with Gasteiger partial charge < -0.3 is 14.8 Å². The highest BCUT2D eigenvalue weighted by atomic mass is 35.5. The van der Waals surface area contributed by atoms with E-state index < -0.39 is 28.5 Å². The minimum atomic E-state index is -3.83. The highest BCUT2D eigenvalue weighted by Gasteiger charge is 2.28. The van der Waals surface area contributed by atoms with Gasteiger partial charge in [0.05, 0.1) is 24.7 Å². The summed E-state index contributed by atoms with van der Waals surface area (Å²) < 4.78 is 37.2. The van der Waals surface area contributed by atoms with Crippen LogP contribution in [0.2, 0.25) is 5.02 Å². The molecule has 0 aromatic heterocycles. The topological polar surface area (TPSA) is 102 Å². The molecule has 0 aliphatic carbocycles. The number of rotatable bonds is 9. The van der Waals surface area contributed by atoms with E-state index in [0.717, 1.165) is 4.90 Å². The first kappa shape index (κ1) is 24.5. The fraction of sp³-hybridized carbons (Fsp3) is 0.333. The van der Waals surface area contributed by atoms with E-state index in [9.17, 15) is 18.0 Å². The van der Waals surface area contributed by atoms with Gasteiger partial charge in [-0.2, -0.15) is 4.31 Å². The van der Waals surface area contributed by atoms with E-state index in [2.05, 4.69) is 5.32 Å². The summed E-state index contributed by atoms with van der Waals surface area (Å²) in [6.07, 6.45) is 0.162. The molecule has 0 saturated carbocycles. The number of morpholine rings is 1. The average Bonchev–Trinajstić information content (AvgIpc) is 2.80. The van der Waals surface area contributed by atoms with E-state index in [-0.39, 0.29) is 35.1 Å². The van der Waals surface area contributed by atoms with Crippen molar-refractivity contribution in [3.05, 3.63) is 53.6 Å². The number of esters is 1. The van der Waals surface area contributed by atoms with E-state index in [1.807, 2.05) is 30.3 Å². The van der Waals surface area contributed by atoms with Crippen LogP contribution < -0.4 is 5.32 Å². The number of nitrogens with zero attached hydrogens (tertiary/aromatic N) is 1. The Morgan fingerprint density at radius 1 is 1.12 bits per heavy atom. The number of anilines is 1. The van der Waals surface area contributed by atoms with Crippen molar-refractivity contribution in [1.29, 1.82) is 0 Å². The molecule has 1 N–H and O–H groups in total. The Balaban J connectivity index is 1.50. The summed E-state index contributed by atoms with van der Waals surface area (Å²) in [7, 11) is -3.83. The van der Waals surface area contributed by atoms with Gasteiger partial charge in [0, 0.05) is 29.4 Å². The normalized spacial score (nSPS) is 14.7. The smallest absolute Gasteiger partial charge is 0.307 e. The van der Waals surface area contributed by atoms with Gasteiger partial charge in [-0.05, 0) is 30.3 Å². The van der Waals surface area contributed by atoms with Gasteiger partial charge in [-0.1, -0.05) is 29.8 Å². The first-order chi connectivity index (χ1) is 15.4. The van der Waals surface area contributed by atoms with Gasteiger partial charge in [-0.15, -0.1) is 11.8 Å². The predicted octanol–water partition coefficient (Wildman–Crippen LogP) is 3.03. The Kier molecular flexibility index (Phi) is 8.94. The Bertz CT molecular complexity index is 1040. The SMILES string of the molecule is O=C(COC(=O)CCSc1ccccc1)Nc1ccc(Cl)c(S(=O)(=O)N2CCOCC2)c1. The molecular formula is C21H23ClN2O6S2. The van der Waals surface area contributed by atoms with Crippen LogP contribution in [0.1, 0.15) is 6.42 Å². The van der Waals surface area contributed by atoms with Crippen molar-refractivity contribution in [2.75, 3.05) is 44.0 Å². The molecular weight excluding hydrogens is 476 g/mol. The van der Waals surface area contributed by atoms with Crippen LogP contribution in [0, 0.1) is 0 Å². The molecule has 0 spiro atoms. The van der Waals surface area contributed by atoms with Crippen molar-refractivity contribution in [3.63, 3.8) is 0 Å². The molecule has 1 saturated heterocycles. The van der Waals surface area contributed by atoms with Gasteiger partial charge in [0.15, 0.2) is 6.61 Å². The summed E-state index contributed by atoms with van der Waals surface area (Å²) in [6.45, 7) is 0.607. The fourth-order valence-corrected chi connectivity index (χ4v) is 5.65. The van der Waals surface area contributed by atoms with E-state index in [0.29, 0.717) is 19.0 Å². The minimum absolute atomic E-state index is 0.0526. The van der Waals surface area contributed by atoms with Crippen LogP contribution in [0.4, 0.5) is 5.69 Å². The van der Waals surface area contributed by atoms with Crippen LogP contribution >= 0.6 is 23.4 Å². The highest BCUT2D eigenvalue weighted by molar-refractivity contribution is 7.99. The molecule has 1 heterocycles. The van der Waals surface area contributed by atoms with Crippen molar-refractivity contribution in [3.8, 4) is 0 Å². The number of halogens is 1. The molecule has 32 heavy (non-hydrogen) atoms. The number of carbonyl (C=O) groups is 2. The number of amides is 1. The van der Waals surface area contributed by atoms with E-state index in [1.54, 1.807) is 0 Å². The quantitative estimate of drug-likeness (QED) is 0.418. The lowest BCUT2D eigenvalue weighted by Gasteiger charge is -2.26. The molecule has 8 nitrogen and oxygen atoms in total. The van der Waals surface area contributed by atoms with Crippen molar-refractivity contribution >= 4 is 50.9 Å². The first-order valence-electron chi connectivity index (χ1n) is 9.87. The number of carbonyl (C=O) groups excluding carboxylic acids is 2. The minimum Gasteiger partial charge on any atom is -0.456 e. The Morgan fingerprint density at radius 3 is 2.56 bits per heavy atom. The zero-order chi connectivity index (χ0) is 23.0. The molecule has 1 fully saturated rings. The summed E-state index contributed by atoms with van der Waals surface area (Å²) in [5, 5.41) is 2.59. The third kappa shape index (κ3) is 6.94. The third-order valence-electron chi connectivity index (χ3n) is 4.49. The maximum atomic E-state index is 12.9. The number of ether oxygens (including phenoxy) is 2. The summed E-state index contributed by atoms with van der Waals surface area (Å²) in [6, 6.07) is 13.8. The Morgan fingerprint density at radius 2 is 1.84 bits per heavy atom. The molecule has 3 rings (SSSR count). The van der Waals surface area contributed by atoms with Gasteiger partial charge in [0.2, 0.25) is 10.0 Å². The van der Waals surface area contributed by atoms with Crippen LogP contribution in [-0.2, 0) is 29.1 Å². The molecule has 0 unspecified atom stereocenters. The molecule has 1 amide bonds. The van der Waals surface area contributed by atoms with Crippen LogP contribution in [-0.4, -0.2) is 63.3 Å². The number of benzene rings is 2.